The fourth-order valence-corrected chi connectivity index (χ4v) is 2.70. The summed E-state index contributed by atoms with van der Waals surface area (Å²) in [7, 11) is 1.61. The number of carbonyl (C=O) groups excluding carboxylic acids is 1. The molecule has 2 aromatic carbocycles. The number of amides is 1. The van der Waals surface area contributed by atoms with Crippen LogP contribution < -0.4 is 15.4 Å². The molecule has 0 unspecified atom stereocenters. The van der Waals surface area contributed by atoms with Crippen LogP contribution in [0.25, 0.3) is 0 Å². The first kappa shape index (κ1) is 18.5. The van der Waals surface area contributed by atoms with Crippen molar-refractivity contribution in [2.75, 3.05) is 24.3 Å². The van der Waals surface area contributed by atoms with Crippen LogP contribution in [0.1, 0.15) is 22.5 Å². The maximum absolute atomic E-state index is 12.4. The molecule has 138 valence electrons. The number of hydrogen-bond donors (Lipinski definition) is 2. The lowest BCUT2D eigenvalue weighted by Gasteiger charge is -2.09. The zero-order chi connectivity index (χ0) is 18.9. The van der Waals surface area contributed by atoms with Gasteiger partial charge in [-0.05, 0) is 54.8 Å². The first-order valence-corrected chi connectivity index (χ1v) is 8.94. The highest BCUT2D eigenvalue weighted by molar-refractivity contribution is 6.03. The highest BCUT2D eigenvalue weighted by atomic mass is 16.5. The minimum atomic E-state index is -0.242. The number of aromatic nitrogens is 1. The van der Waals surface area contributed by atoms with E-state index in [0.717, 1.165) is 30.8 Å². The van der Waals surface area contributed by atoms with E-state index >= 15 is 0 Å². The molecule has 0 bridgehead atoms. The first-order chi connectivity index (χ1) is 13.2. The van der Waals surface area contributed by atoms with Gasteiger partial charge in [-0.1, -0.05) is 30.3 Å². The van der Waals surface area contributed by atoms with Gasteiger partial charge < -0.3 is 15.4 Å². The molecule has 3 aromatic rings. The predicted molar refractivity (Wildman–Crippen MR) is 108 cm³/mol. The summed E-state index contributed by atoms with van der Waals surface area (Å²) in [5, 5.41) is 6.19. The second-order valence-corrected chi connectivity index (χ2v) is 6.13. The minimum Gasteiger partial charge on any atom is -0.497 e. The monoisotopic (exact) mass is 361 g/mol. The van der Waals surface area contributed by atoms with Crippen molar-refractivity contribution in [1.29, 1.82) is 0 Å². The van der Waals surface area contributed by atoms with Crippen molar-refractivity contribution in [2.45, 2.75) is 12.8 Å². The van der Waals surface area contributed by atoms with Gasteiger partial charge in [0.15, 0.2) is 0 Å². The Balaban J connectivity index is 1.52. The Morgan fingerprint density at radius 1 is 1.00 bits per heavy atom. The van der Waals surface area contributed by atoms with Gasteiger partial charge in [0.2, 0.25) is 0 Å². The third kappa shape index (κ3) is 5.57. The Bertz CT molecular complexity index is 864. The number of nitrogens with zero attached hydrogens (tertiary/aromatic N) is 1. The van der Waals surface area contributed by atoms with Crippen LogP contribution in [0.3, 0.4) is 0 Å². The second-order valence-electron chi connectivity index (χ2n) is 6.13. The Hall–Kier alpha value is -3.34. The molecule has 0 aliphatic heterocycles. The Morgan fingerprint density at radius 2 is 1.78 bits per heavy atom. The Morgan fingerprint density at radius 3 is 2.52 bits per heavy atom. The molecule has 2 N–H and O–H groups in total. The number of aryl methyl sites for hydroxylation is 1. The van der Waals surface area contributed by atoms with E-state index in [-0.39, 0.29) is 5.91 Å². The van der Waals surface area contributed by atoms with Crippen LogP contribution in [0, 0.1) is 0 Å². The molecule has 0 saturated carbocycles. The summed E-state index contributed by atoms with van der Waals surface area (Å²) >= 11 is 0. The van der Waals surface area contributed by atoms with Crippen molar-refractivity contribution in [2.24, 2.45) is 0 Å². The summed E-state index contributed by atoms with van der Waals surface area (Å²) in [5.74, 6) is 0.501. The molecule has 1 amide bonds. The van der Waals surface area contributed by atoms with Crippen LogP contribution in [-0.4, -0.2) is 24.5 Å². The zero-order valence-electron chi connectivity index (χ0n) is 15.3. The number of nitrogens with one attached hydrogen (secondary N) is 2. The lowest BCUT2D eigenvalue weighted by Crippen LogP contribution is -2.14. The molecule has 0 spiro atoms. The van der Waals surface area contributed by atoms with Crippen LogP contribution in [-0.2, 0) is 6.42 Å². The number of carbonyl (C=O) groups is 1. The van der Waals surface area contributed by atoms with E-state index in [1.807, 2.05) is 12.1 Å². The van der Waals surface area contributed by atoms with Crippen LogP contribution in [0.2, 0.25) is 0 Å². The number of methoxy groups -OCH3 is 1. The van der Waals surface area contributed by atoms with Crippen LogP contribution in [0.4, 0.5) is 11.4 Å². The van der Waals surface area contributed by atoms with Crippen LogP contribution >= 0.6 is 0 Å². The largest absolute Gasteiger partial charge is 0.497 e. The van der Waals surface area contributed by atoms with E-state index in [0.29, 0.717) is 11.4 Å². The maximum atomic E-state index is 12.4. The highest BCUT2D eigenvalue weighted by Crippen LogP contribution is 2.16. The molecule has 0 radical (unpaired) electrons. The van der Waals surface area contributed by atoms with Crippen LogP contribution in [0.15, 0.2) is 72.9 Å². The quantitative estimate of drug-likeness (QED) is 0.584. The lowest BCUT2D eigenvalue weighted by atomic mass is 10.1. The number of anilines is 2. The summed E-state index contributed by atoms with van der Waals surface area (Å²) in [4.78, 5) is 16.6. The Labute approximate surface area is 159 Å². The lowest BCUT2D eigenvalue weighted by molar-refractivity contribution is 0.102. The van der Waals surface area contributed by atoms with Gasteiger partial charge in [-0.2, -0.15) is 0 Å². The molecule has 27 heavy (non-hydrogen) atoms. The van der Waals surface area contributed by atoms with Gasteiger partial charge in [0.1, 0.15) is 11.4 Å². The van der Waals surface area contributed by atoms with Gasteiger partial charge >= 0.3 is 0 Å². The van der Waals surface area contributed by atoms with E-state index in [9.17, 15) is 4.79 Å². The normalized spacial score (nSPS) is 10.3. The van der Waals surface area contributed by atoms with Crippen molar-refractivity contribution >= 4 is 17.3 Å². The number of ether oxygens (including phenoxy) is 1. The SMILES string of the molecule is COc1ccc(NC(=O)c2cc(NCCCc3ccccc3)ccn2)cc1. The van der Waals surface area contributed by atoms with Gasteiger partial charge in [-0.25, -0.2) is 0 Å². The predicted octanol–water partition coefficient (Wildman–Crippen LogP) is 4.39. The van der Waals surface area contributed by atoms with E-state index < -0.39 is 0 Å². The molecule has 5 nitrogen and oxygen atoms in total. The van der Waals surface area contributed by atoms with Crippen molar-refractivity contribution in [3.63, 3.8) is 0 Å². The molecule has 5 heteroatoms. The second kappa shape index (κ2) is 9.38. The fourth-order valence-electron chi connectivity index (χ4n) is 2.70. The number of rotatable bonds is 8. The van der Waals surface area contributed by atoms with Crippen molar-refractivity contribution < 1.29 is 9.53 Å². The third-order valence-corrected chi connectivity index (χ3v) is 4.15. The highest BCUT2D eigenvalue weighted by Gasteiger charge is 2.08. The molecule has 0 saturated heterocycles. The molecule has 0 aliphatic carbocycles. The van der Waals surface area contributed by atoms with Crippen molar-refractivity contribution in [3.05, 3.63) is 84.2 Å². The standard InChI is InChI=1S/C22H23N3O2/c1-27-20-11-9-18(10-12-20)25-22(26)21-16-19(13-15-24-21)23-14-5-8-17-6-3-2-4-7-17/h2-4,6-7,9-13,15-16H,5,8,14H2,1H3,(H,23,24)(H,25,26). The molecule has 0 atom stereocenters. The van der Waals surface area contributed by atoms with E-state index in [1.54, 1.807) is 43.6 Å². The summed E-state index contributed by atoms with van der Waals surface area (Å²) in [6.07, 6.45) is 3.67. The molecule has 1 heterocycles. The summed E-state index contributed by atoms with van der Waals surface area (Å²) in [5.41, 5.74) is 3.29. The number of pyridine rings is 1. The number of hydrogen-bond acceptors (Lipinski definition) is 4. The molecular weight excluding hydrogens is 338 g/mol. The maximum Gasteiger partial charge on any atom is 0.274 e. The van der Waals surface area contributed by atoms with E-state index in [4.69, 9.17) is 4.74 Å². The summed E-state index contributed by atoms with van der Waals surface area (Å²) in [6.45, 7) is 0.832. The van der Waals surface area contributed by atoms with Crippen molar-refractivity contribution in [3.8, 4) is 5.75 Å². The topological polar surface area (TPSA) is 63.2 Å². The van der Waals surface area contributed by atoms with E-state index in [1.165, 1.54) is 5.56 Å². The zero-order valence-corrected chi connectivity index (χ0v) is 15.3. The van der Waals surface area contributed by atoms with Gasteiger partial charge in [-0.3, -0.25) is 9.78 Å². The first-order valence-electron chi connectivity index (χ1n) is 8.94. The summed E-state index contributed by atoms with van der Waals surface area (Å²) in [6, 6.07) is 21.2. The van der Waals surface area contributed by atoms with E-state index in [2.05, 4.69) is 39.9 Å². The molecular formula is C22H23N3O2. The molecule has 1 aromatic heterocycles. The number of benzene rings is 2. The van der Waals surface area contributed by atoms with Gasteiger partial charge in [-0.15, -0.1) is 0 Å². The smallest absolute Gasteiger partial charge is 0.274 e. The van der Waals surface area contributed by atoms with Gasteiger partial charge in [0.25, 0.3) is 5.91 Å². The van der Waals surface area contributed by atoms with Crippen LogP contribution in [0.5, 0.6) is 5.75 Å². The third-order valence-electron chi connectivity index (χ3n) is 4.15. The summed E-state index contributed by atoms with van der Waals surface area (Å²) < 4.78 is 5.12. The van der Waals surface area contributed by atoms with Gasteiger partial charge in [0, 0.05) is 24.1 Å². The fraction of sp³-hybridized carbons (Fsp3) is 0.182. The minimum absolute atomic E-state index is 0.242. The molecule has 3 rings (SSSR count). The average molecular weight is 361 g/mol. The average Bonchev–Trinajstić information content (AvgIpc) is 2.73. The molecule has 0 aliphatic rings. The Kier molecular flexibility index (Phi) is 6.41. The molecule has 0 fully saturated rings. The van der Waals surface area contributed by atoms with Gasteiger partial charge in [0.05, 0.1) is 7.11 Å². The van der Waals surface area contributed by atoms with Crippen molar-refractivity contribution in [1.82, 2.24) is 4.98 Å².